The number of nitrogens with one attached hydrogen (secondary N) is 1. The maximum absolute atomic E-state index is 12.5. The molecule has 2 heterocycles. The number of hydrogen-bond acceptors (Lipinski definition) is 5. The van der Waals surface area contributed by atoms with Crippen LogP contribution in [0, 0.1) is 6.92 Å². The van der Waals surface area contributed by atoms with Crippen LogP contribution in [-0.4, -0.2) is 47.9 Å². The van der Waals surface area contributed by atoms with Crippen molar-refractivity contribution in [3.8, 4) is 0 Å². The lowest BCUT2D eigenvalue weighted by molar-refractivity contribution is 0.0638. The molecule has 0 unspecified atom stereocenters. The summed E-state index contributed by atoms with van der Waals surface area (Å²) in [6.45, 7) is 2.54. The van der Waals surface area contributed by atoms with Crippen LogP contribution in [-0.2, 0) is 4.74 Å². The van der Waals surface area contributed by atoms with E-state index in [0.29, 0.717) is 35.5 Å². The summed E-state index contributed by atoms with van der Waals surface area (Å²) in [5, 5.41) is 2.77. The quantitative estimate of drug-likeness (QED) is 0.636. The van der Waals surface area contributed by atoms with Crippen molar-refractivity contribution in [2.75, 3.05) is 25.6 Å². The summed E-state index contributed by atoms with van der Waals surface area (Å²) in [6, 6.07) is 8.01. The van der Waals surface area contributed by atoms with Gasteiger partial charge in [0.2, 0.25) is 0 Å². The molecule has 1 aromatic heterocycles. The molecule has 0 fully saturated rings. The molecular weight excluding hydrogens is 334 g/mol. The van der Waals surface area contributed by atoms with Crippen molar-refractivity contribution in [3.05, 3.63) is 58.9 Å². The smallest absolute Gasteiger partial charge is 0.261 e. The Balaban J connectivity index is 1.80. The van der Waals surface area contributed by atoms with Gasteiger partial charge in [0.05, 0.1) is 22.5 Å². The number of methoxy groups -OCH3 is 1. The lowest BCUT2D eigenvalue weighted by Crippen LogP contribution is -2.31. The van der Waals surface area contributed by atoms with Crippen LogP contribution >= 0.6 is 0 Å². The molecule has 7 heteroatoms. The number of amides is 3. The number of fused-ring (bicyclic) bond motifs is 1. The number of carbonyl (C=O) groups excluding carboxylic acids is 3. The van der Waals surface area contributed by atoms with Crippen LogP contribution in [0.25, 0.3) is 0 Å². The van der Waals surface area contributed by atoms with Gasteiger partial charge in [0.1, 0.15) is 0 Å². The summed E-state index contributed by atoms with van der Waals surface area (Å²) in [5.74, 6) is -1.08. The van der Waals surface area contributed by atoms with Gasteiger partial charge in [-0.3, -0.25) is 24.3 Å². The minimum Gasteiger partial charge on any atom is -0.385 e. The van der Waals surface area contributed by atoms with Crippen molar-refractivity contribution in [1.82, 2.24) is 9.88 Å². The Labute approximate surface area is 151 Å². The largest absolute Gasteiger partial charge is 0.385 e. The summed E-state index contributed by atoms with van der Waals surface area (Å²) < 4.78 is 4.96. The second-order valence-corrected chi connectivity index (χ2v) is 5.96. The molecule has 0 radical (unpaired) electrons. The van der Waals surface area contributed by atoms with E-state index in [0.717, 1.165) is 0 Å². The predicted octanol–water partition coefficient (Wildman–Crippen LogP) is 2.27. The first-order valence-corrected chi connectivity index (χ1v) is 8.25. The van der Waals surface area contributed by atoms with E-state index in [2.05, 4.69) is 10.3 Å². The fourth-order valence-corrected chi connectivity index (χ4v) is 2.81. The second kappa shape index (κ2) is 7.45. The monoisotopic (exact) mass is 353 g/mol. The number of carbonyl (C=O) groups is 3. The molecule has 0 saturated carbocycles. The van der Waals surface area contributed by atoms with Crippen LogP contribution in [0.1, 0.15) is 43.2 Å². The standard InChI is InChI=1S/C19H19N3O4/c1-12-16(5-3-8-20-12)21-17(23)13-6-7-14-15(11-13)19(25)22(18(14)24)9-4-10-26-2/h3,5-8,11H,4,9-10H2,1-2H3,(H,21,23). The summed E-state index contributed by atoms with van der Waals surface area (Å²) >= 11 is 0. The number of benzene rings is 1. The number of anilines is 1. The van der Waals surface area contributed by atoms with Crippen molar-refractivity contribution in [3.63, 3.8) is 0 Å². The number of pyridine rings is 1. The van der Waals surface area contributed by atoms with E-state index in [4.69, 9.17) is 4.74 Å². The molecule has 0 aliphatic carbocycles. The normalized spacial score (nSPS) is 13.1. The van der Waals surface area contributed by atoms with Gasteiger partial charge in [0.15, 0.2) is 0 Å². The van der Waals surface area contributed by atoms with Gasteiger partial charge >= 0.3 is 0 Å². The van der Waals surface area contributed by atoms with Gasteiger partial charge in [-0.05, 0) is 43.7 Å². The topological polar surface area (TPSA) is 88.6 Å². The number of ether oxygens (including phenoxy) is 1. The molecule has 1 aromatic carbocycles. The Morgan fingerprint density at radius 1 is 1.19 bits per heavy atom. The number of aryl methyl sites for hydroxylation is 1. The molecule has 3 rings (SSSR count). The maximum Gasteiger partial charge on any atom is 0.261 e. The lowest BCUT2D eigenvalue weighted by Gasteiger charge is -2.12. The van der Waals surface area contributed by atoms with Crippen molar-refractivity contribution >= 4 is 23.4 Å². The molecule has 0 saturated heterocycles. The Morgan fingerprint density at radius 2 is 1.96 bits per heavy atom. The van der Waals surface area contributed by atoms with Crippen LogP contribution in [0.5, 0.6) is 0 Å². The minimum absolute atomic E-state index is 0.253. The average Bonchev–Trinajstić information content (AvgIpc) is 2.88. The first kappa shape index (κ1) is 17.8. The molecule has 1 aliphatic rings. The fourth-order valence-electron chi connectivity index (χ4n) is 2.81. The van der Waals surface area contributed by atoms with Crippen LogP contribution in [0.4, 0.5) is 5.69 Å². The molecule has 0 spiro atoms. The Kier molecular flexibility index (Phi) is 5.09. The highest BCUT2D eigenvalue weighted by Crippen LogP contribution is 2.25. The second-order valence-electron chi connectivity index (χ2n) is 5.96. The molecule has 0 bridgehead atoms. The molecule has 26 heavy (non-hydrogen) atoms. The number of rotatable bonds is 6. The van der Waals surface area contributed by atoms with E-state index in [9.17, 15) is 14.4 Å². The number of nitrogens with zero attached hydrogens (tertiary/aromatic N) is 2. The van der Waals surface area contributed by atoms with E-state index >= 15 is 0 Å². The molecule has 0 atom stereocenters. The first-order valence-electron chi connectivity index (χ1n) is 8.25. The summed E-state index contributed by atoms with van der Waals surface area (Å²) in [4.78, 5) is 42.7. The maximum atomic E-state index is 12.5. The van der Waals surface area contributed by atoms with Crippen LogP contribution in [0.3, 0.4) is 0 Å². The number of hydrogen-bond donors (Lipinski definition) is 1. The zero-order chi connectivity index (χ0) is 18.7. The third-order valence-corrected chi connectivity index (χ3v) is 4.22. The zero-order valence-electron chi connectivity index (χ0n) is 14.6. The van der Waals surface area contributed by atoms with Crippen molar-refractivity contribution in [2.24, 2.45) is 0 Å². The van der Waals surface area contributed by atoms with Gasteiger partial charge in [-0.25, -0.2) is 0 Å². The molecule has 3 amide bonds. The van der Waals surface area contributed by atoms with Gasteiger partial charge in [0, 0.05) is 32.0 Å². The molecule has 1 N–H and O–H groups in total. The van der Waals surface area contributed by atoms with Crippen LogP contribution in [0.2, 0.25) is 0 Å². The van der Waals surface area contributed by atoms with Crippen LogP contribution in [0.15, 0.2) is 36.5 Å². The minimum atomic E-state index is -0.381. The number of imide groups is 1. The SMILES string of the molecule is COCCCN1C(=O)c2ccc(C(=O)Nc3cccnc3C)cc2C1=O. The third-order valence-electron chi connectivity index (χ3n) is 4.22. The van der Waals surface area contributed by atoms with E-state index < -0.39 is 0 Å². The number of aromatic nitrogens is 1. The average molecular weight is 353 g/mol. The summed E-state index contributed by atoms with van der Waals surface area (Å²) in [5.41, 5.74) is 2.18. The molecular formula is C19H19N3O4. The van der Waals surface area contributed by atoms with Gasteiger partial charge in [-0.1, -0.05) is 0 Å². The Bertz CT molecular complexity index is 879. The van der Waals surface area contributed by atoms with Crippen molar-refractivity contribution < 1.29 is 19.1 Å². The van der Waals surface area contributed by atoms with Gasteiger partial charge in [-0.2, -0.15) is 0 Å². The van der Waals surface area contributed by atoms with E-state index in [1.165, 1.54) is 17.0 Å². The van der Waals surface area contributed by atoms with Gasteiger partial charge in [0.25, 0.3) is 17.7 Å². The predicted molar refractivity (Wildman–Crippen MR) is 95.2 cm³/mol. The van der Waals surface area contributed by atoms with E-state index in [-0.39, 0.29) is 29.8 Å². The van der Waals surface area contributed by atoms with E-state index in [1.807, 2.05) is 0 Å². The first-order chi connectivity index (χ1) is 12.5. The Morgan fingerprint density at radius 3 is 2.69 bits per heavy atom. The molecule has 2 aromatic rings. The summed E-state index contributed by atoms with van der Waals surface area (Å²) in [6.07, 6.45) is 2.21. The lowest BCUT2D eigenvalue weighted by atomic mass is 10.1. The van der Waals surface area contributed by atoms with Crippen molar-refractivity contribution in [1.29, 1.82) is 0 Å². The highest BCUT2D eigenvalue weighted by atomic mass is 16.5. The van der Waals surface area contributed by atoms with Crippen LogP contribution < -0.4 is 5.32 Å². The third kappa shape index (κ3) is 3.34. The molecule has 1 aliphatic heterocycles. The van der Waals surface area contributed by atoms with Gasteiger partial charge in [-0.15, -0.1) is 0 Å². The van der Waals surface area contributed by atoms with E-state index in [1.54, 1.807) is 38.4 Å². The van der Waals surface area contributed by atoms with Crippen molar-refractivity contribution in [2.45, 2.75) is 13.3 Å². The summed E-state index contributed by atoms with van der Waals surface area (Å²) in [7, 11) is 1.57. The zero-order valence-corrected chi connectivity index (χ0v) is 14.6. The molecule has 7 nitrogen and oxygen atoms in total. The highest BCUT2D eigenvalue weighted by Gasteiger charge is 2.35. The fraction of sp³-hybridized carbons (Fsp3) is 0.263. The van der Waals surface area contributed by atoms with Gasteiger partial charge < -0.3 is 10.1 Å². The molecule has 134 valence electrons. The highest BCUT2D eigenvalue weighted by molar-refractivity contribution is 6.22. The Hall–Kier alpha value is -3.06.